The Morgan fingerprint density at radius 2 is 1.93 bits per heavy atom. The molecule has 1 saturated heterocycles. The minimum Gasteiger partial charge on any atom is -0.476 e. The summed E-state index contributed by atoms with van der Waals surface area (Å²) in [6.45, 7) is 4.91. The van der Waals surface area contributed by atoms with E-state index < -0.39 is 17.6 Å². The molecule has 1 amide bonds. The Hall–Kier alpha value is -4.10. The van der Waals surface area contributed by atoms with Gasteiger partial charge in [0, 0.05) is 48.1 Å². The second-order valence-electron chi connectivity index (χ2n) is 9.40. The third kappa shape index (κ3) is 7.51. The van der Waals surface area contributed by atoms with E-state index in [-0.39, 0.29) is 5.56 Å². The molecule has 1 aromatic carbocycles. The minimum absolute atomic E-state index is 0.103. The van der Waals surface area contributed by atoms with Gasteiger partial charge in [0.05, 0.1) is 37.3 Å². The number of carbonyl (C=O) groups excluding carboxylic acids is 1. The molecule has 3 aromatic rings. The van der Waals surface area contributed by atoms with Crippen LogP contribution in [0, 0.1) is 19.3 Å². The summed E-state index contributed by atoms with van der Waals surface area (Å²) >= 11 is 0. The maximum Gasteiger partial charge on any atom is 0.416 e. The molecular formula is C30H31F3N4O3. The lowest BCUT2D eigenvalue weighted by Crippen LogP contribution is -2.36. The highest BCUT2D eigenvalue weighted by atomic mass is 19.4. The first kappa shape index (κ1) is 28.9. The van der Waals surface area contributed by atoms with Crippen LogP contribution in [0.5, 0.6) is 5.88 Å². The summed E-state index contributed by atoms with van der Waals surface area (Å²) in [6.07, 6.45) is 7.48. The number of nitrogens with one attached hydrogen (secondary N) is 1. The number of benzene rings is 1. The first-order valence-corrected chi connectivity index (χ1v) is 13.1. The van der Waals surface area contributed by atoms with Crippen LogP contribution in [0.2, 0.25) is 0 Å². The van der Waals surface area contributed by atoms with Gasteiger partial charge in [0.1, 0.15) is 5.69 Å². The Morgan fingerprint density at radius 1 is 1.12 bits per heavy atom. The topological polar surface area (TPSA) is 76.6 Å². The number of hydrogen-bond donors (Lipinski definition) is 1. The summed E-state index contributed by atoms with van der Waals surface area (Å²) in [5.41, 5.74) is 2.39. The van der Waals surface area contributed by atoms with Crippen molar-refractivity contribution < 1.29 is 27.4 Å². The van der Waals surface area contributed by atoms with Crippen molar-refractivity contribution in [1.29, 1.82) is 0 Å². The van der Waals surface area contributed by atoms with Crippen molar-refractivity contribution in [3.05, 3.63) is 65.6 Å². The first-order chi connectivity index (χ1) is 19.3. The lowest BCUT2D eigenvalue weighted by atomic mass is 10.0. The fourth-order valence-corrected chi connectivity index (χ4v) is 4.34. The molecule has 3 heterocycles. The Morgan fingerprint density at radius 3 is 2.67 bits per heavy atom. The van der Waals surface area contributed by atoms with Gasteiger partial charge in [0.2, 0.25) is 5.88 Å². The molecule has 7 nitrogen and oxygen atoms in total. The van der Waals surface area contributed by atoms with E-state index in [9.17, 15) is 18.0 Å². The second kappa shape index (κ2) is 13.3. The number of aromatic nitrogens is 2. The van der Waals surface area contributed by atoms with Crippen molar-refractivity contribution in [2.24, 2.45) is 0 Å². The number of halogens is 3. The normalized spacial score (nSPS) is 13.5. The van der Waals surface area contributed by atoms with Crippen LogP contribution in [0.25, 0.3) is 11.1 Å². The Labute approximate surface area is 231 Å². The van der Waals surface area contributed by atoms with Gasteiger partial charge < -0.3 is 19.7 Å². The van der Waals surface area contributed by atoms with Crippen LogP contribution < -0.4 is 15.0 Å². The Balaban J connectivity index is 1.56. The van der Waals surface area contributed by atoms with E-state index >= 15 is 0 Å². The number of ether oxygens (including phenoxy) is 2. The predicted molar refractivity (Wildman–Crippen MR) is 147 cm³/mol. The van der Waals surface area contributed by atoms with Crippen molar-refractivity contribution in [2.75, 3.05) is 43.1 Å². The highest BCUT2D eigenvalue weighted by Crippen LogP contribution is 2.34. The zero-order valence-electron chi connectivity index (χ0n) is 22.3. The number of alkyl halides is 3. The van der Waals surface area contributed by atoms with Gasteiger partial charge in [0.15, 0.2) is 0 Å². The largest absolute Gasteiger partial charge is 0.476 e. The summed E-state index contributed by atoms with van der Waals surface area (Å²) in [7, 11) is 0. The number of aryl methyl sites for hydroxylation is 1. The van der Waals surface area contributed by atoms with Crippen molar-refractivity contribution in [2.45, 2.75) is 38.8 Å². The monoisotopic (exact) mass is 552 g/mol. The van der Waals surface area contributed by atoms with Crippen molar-refractivity contribution in [1.82, 2.24) is 9.97 Å². The Bertz CT molecular complexity index is 1370. The molecule has 10 heteroatoms. The molecule has 1 aliphatic heterocycles. The number of rotatable bonds is 10. The quantitative estimate of drug-likeness (QED) is 0.241. The van der Waals surface area contributed by atoms with Crippen LogP contribution in [0.1, 0.15) is 47.3 Å². The van der Waals surface area contributed by atoms with Gasteiger partial charge in [-0.2, -0.15) is 13.2 Å². The number of amides is 1. The van der Waals surface area contributed by atoms with Gasteiger partial charge >= 0.3 is 6.18 Å². The molecule has 210 valence electrons. The number of anilines is 2. The van der Waals surface area contributed by atoms with Gasteiger partial charge in [-0.1, -0.05) is 6.07 Å². The third-order valence-corrected chi connectivity index (χ3v) is 6.50. The highest BCUT2D eigenvalue weighted by molar-refractivity contribution is 6.04. The van der Waals surface area contributed by atoms with Crippen molar-refractivity contribution in [3.8, 4) is 29.4 Å². The average molecular weight is 553 g/mol. The summed E-state index contributed by atoms with van der Waals surface area (Å²) in [5.74, 6) is 2.51. The first-order valence-electron chi connectivity index (χ1n) is 13.1. The predicted octanol–water partition coefficient (Wildman–Crippen LogP) is 6.13. The smallest absolute Gasteiger partial charge is 0.416 e. The molecule has 1 N–H and O–H groups in total. The molecule has 0 bridgehead atoms. The number of unbranched alkanes of at least 4 members (excludes halogenated alkanes) is 3. The van der Waals surface area contributed by atoms with E-state index in [1.165, 1.54) is 18.3 Å². The minimum atomic E-state index is -4.54. The van der Waals surface area contributed by atoms with Crippen LogP contribution in [0.15, 0.2) is 48.8 Å². The lowest BCUT2D eigenvalue weighted by molar-refractivity contribution is -0.137. The van der Waals surface area contributed by atoms with Gasteiger partial charge in [-0.3, -0.25) is 9.78 Å². The molecule has 0 radical (unpaired) electrons. The highest BCUT2D eigenvalue weighted by Gasteiger charge is 2.31. The maximum atomic E-state index is 13.1. The van der Waals surface area contributed by atoms with Crippen LogP contribution in [0.3, 0.4) is 0 Å². The maximum absolute atomic E-state index is 13.1. The molecule has 40 heavy (non-hydrogen) atoms. The molecule has 0 atom stereocenters. The number of terminal acetylenes is 1. The number of hydrogen-bond acceptors (Lipinski definition) is 6. The van der Waals surface area contributed by atoms with E-state index in [4.69, 9.17) is 15.9 Å². The van der Waals surface area contributed by atoms with E-state index in [1.807, 2.05) is 13.0 Å². The van der Waals surface area contributed by atoms with Crippen molar-refractivity contribution in [3.63, 3.8) is 0 Å². The molecule has 2 aromatic heterocycles. The van der Waals surface area contributed by atoms with E-state index in [0.29, 0.717) is 50.2 Å². The molecule has 1 fully saturated rings. The van der Waals surface area contributed by atoms with E-state index in [1.54, 1.807) is 12.3 Å². The molecule has 0 saturated carbocycles. The third-order valence-electron chi connectivity index (χ3n) is 6.50. The van der Waals surface area contributed by atoms with E-state index in [2.05, 4.69) is 26.1 Å². The summed E-state index contributed by atoms with van der Waals surface area (Å²) < 4.78 is 50.9. The Kier molecular flexibility index (Phi) is 9.61. The van der Waals surface area contributed by atoms with Crippen LogP contribution in [-0.2, 0) is 10.9 Å². The zero-order valence-corrected chi connectivity index (χ0v) is 22.3. The summed E-state index contributed by atoms with van der Waals surface area (Å²) in [4.78, 5) is 23.9. The van der Waals surface area contributed by atoms with Gasteiger partial charge in [-0.25, -0.2) is 4.98 Å². The number of nitrogens with zero attached hydrogens (tertiary/aromatic N) is 3. The fraction of sp³-hybridized carbons (Fsp3) is 0.367. The number of carbonyl (C=O) groups is 1. The average Bonchev–Trinajstić information content (AvgIpc) is 2.96. The van der Waals surface area contributed by atoms with Gasteiger partial charge in [-0.05, 0) is 56.5 Å². The van der Waals surface area contributed by atoms with Crippen LogP contribution in [0.4, 0.5) is 24.5 Å². The van der Waals surface area contributed by atoms with Crippen LogP contribution in [-0.4, -0.2) is 48.8 Å². The lowest BCUT2D eigenvalue weighted by Gasteiger charge is -2.30. The fourth-order valence-electron chi connectivity index (χ4n) is 4.34. The summed E-state index contributed by atoms with van der Waals surface area (Å²) in [5, 5.41) is 2.66. The van der Waals surface area contributed by atoms with E-state index in [0.717, 1.165) is 54.6 Å². The molecule has 0 spiro atoms. The summed E-state index contributed by atoms with van der Waals surface area (Å²) in [6, 6.07) is 8.00. The molecule has 0 aliphatic carbocycles. The number of pyridine rings is 2. The number of morpholine rings is 1. The molecular weight excluding hydrogens is 521 g/mol. The SMILES string of the molecule is C#CCCCCCOc1ncc(-c2cc(NC(=O)c3cccc(C(F)(F)F)c3)cnc2C)cc1N1CCOCC1. The zero-order chi connectivity index (χ0) is 28.5. The van der Waals surface area contributed by atoms with Gasteiger partial charge in [0.25, 0.3) is 5.91 Å². The molecule has 4 rings (SSSR count). The van der Waals surface area contributed by atoms with Crippen molar-refractivity contribution >= 4 is 17.3 Å². The van der Waals surface area contributed by atoms with Crippen LogP contribution >= 0.6 is 0 Å². The van der Waals surface area contributed by atoms with Gasteiger partial charge in [-0.15, -0.1) is 12.3 Å². The second-order valence-corrected chi connectivity index (χ2v) is 9.40. The molecule has 1 aliphatic rings. The standard InChI is InChI=1S/C30H31F3N4O3/c1-3-4-5-6-7-13-40-29-27(37-11-14-39-15-12-37)17-23(19-35-29)26-18-25(20-34-21(26)2)36-28(38)22-9-8-10-24(16-22)30(31,32)33/h1,8-10,16-20H,4-7,11-15H2,2H3,(H,36,38). The molecule has 0 unspecified atom stereocenters.